The van der Waals surface area contributed by atoms with E-state index in [9.17, 15) is 23.1 Å². The quantitative estimate of drug-likeness (QED) is 0.629. The first-order valence-corrected chi connectivity index (χ1v) is 10.6. The number of amidine groups is 1. The molecule has 34 heavy (non-hydrogen) atoms. The Morgan fingerprint density at radius 2 is 1.74 bits per heavy atom. The van der Waals surface area contributed by atoms with Crippen LogP contribution in [-0.4, -0.2) is 64.0 Å². The van der Waals surface area contributed by atoms with Crippen molar-refractivity contribution in [3.8, 4) is 0 Å². The summed E-state index contributed by atoms with van der Waals surface area (Å²) in [7, 11) is 0. The van der Waals surface area contributed by atoms with E-state index in [-0.39, 0.29) is 24.8 Å². The number of fused-ring (bicyclic) bond motifs is 2. The molecule has 0 radical (unpaired) electrons. The molecular weight excluding hydrogens is 492 g/mol. The molecule has 0 aliphatic carbocycles. The van der Waals surface area contributed by atoms with E-state index in [2.05, 4.69) is 4.90 Å². The number of aliphatic imine (C=N–C) groups is 1. The Kier molecular flexibility index (Phi) is 8.38. The minimum atomic E-state index is -4.43. The van der Waals surface area contributed by atoms with Crippen LogP contribution in [0.4, 0.5) is 18.9 Å². The van der Waals surface area contributed by atoms with E-state index in [0.29, 0.717) is 50.8 Å². The summed E-state index contributed by atoms with van der Waals surface area (Å²) in [6.07, 6.45) is -3.27. The summed E-state index contributed by atoms with van der Waals surface area (Å²) in [5, 5.41) is 9.40. The van der Waals surface area contributed by atoms with Crippen LogP contribution in [0, 0.1) is 12.3 Å². The van der Waals surface area contributed by atoms with Gasteiger partial charge in [0.2, 0.25) is 0 Å². The molecule has 4 rings (SSSR count). The van der Waals surface area contributed by atoms with Crippen molar-refractivity contribution < 1.29 is 23.1 Å². The number of carboxylic acids is 1. The van der Waals surface area contributed by atoms with E-state index < -0.39 is 23.1 Å². The van der Waals surface area contributed by atoms with Gasteiger partial charge in [-0.05, 0) is 38.5 Å². The van der Waals surface area contributed by atoms with Crippen molar-refractivity contribution in [2.45, 2.75) is 33.5 Å². The molecule has 0 amide bonds. The molecule has 2 aromatic rings. The van der Waals surface area contributed by atoms with Gasteiger partial charge in [0.25, 0.3) is 0 Å². The first kappa shape index (κ1) is 28.0. The van der Waals surface area contributed by atoms with Gasteiger partial charge in [0, 0.05) is 45.5 Å². The van der Waals surface area contributed by atoms with Gasteiger partial charge in [-0.15, -0.1) is 24.8 Å². The Balaban J connectivity index is 0.00000204. The Bertz CT molecular complexity index is 1070. The van der Waals surface area contributed by atoms with E-state index in [1.807, 2.05) is 30.0 Å². The number of rotatable bonds is 3. The van der Waals surface area contributed by atoms with E-state index in [0.717, 1.165) is 23.0 Å². The maximum absolute atomic E-state index is 13.5. The van der Waals surface area contributed by atoms with Gasteiger partial charge in [-0.2, -0.15) is 13.2 Å². The molecule has 0 spiro atoms. The van der Waals surface area contributed by atoms with Crippen molar-refractivity contribution in [2.24, 2.45) is 10.4 Å². The lowest BCUT2D eigenvalue weighted by Crippen LogP contribution is -2.52. The van der Waals surface area contributed by atoms with Crippen molar-refractivity contribution in [2.75, 3.05) is 32.7 Å². The van der Waals surface area contributed by atoms with Gasteiger partial charge in [0.1, 0.15) is 0 Å². The van der Waals surface area contributed by atoms with Crippen molar-refractivity contribution in [3.63, 3.8) is 0 Å². The lowest BCUT2D eigenvalue weighted by molar-refractivity contribution is -0.148. The Labute approximate surface area is 209 Å². The van der Waals surface area contributed by atoms with Crippen LogP contribution in [0.1, 0.15) is 36.2 Å². The van der Waals surface area contributed by atoms with Gasteiger partial charge >= 0.3 is 12.1 Å². The predicted octanol–water partition coefficient (Wildman–Crippen LogP) is 4.83. The lowest BCUT2D eigenvalue weighted by Gasteiger charge is -2.38. The maximum Gasteiger partial charge on any atom is 0.417 e. The van der Waals surface area contributed by atoms with Crippen molar-refractivity contribution in [1.82, 2.24) is 14.4 Å². The number of benzene rings is 1. The van der Waals surface area contributed by atoms with E-state index in [1.54, 1.807) is 18.4 Å². The highest BCUT2D eigenvalue weighted by Crippen LogP contribution is 2.34. The number of aromatic nitrogens is 1. The van der Waals surface area contributed by atoms with Crippen LogP contribution in [0.25, 0.3) is 0 Å². The number of hydrogen-bond acceptors (Lipinski definition) is 4. The highest BCUT2D eigenvalue weighted by Gasteiger charge is 2.36. The van der Waals surface area contributed by atoms with Crippen LogP contribution in [0.5, 0.6) is 0 Å². The molecule has 1 aromatic carbocycles. The van der Waals surface area contributed by atoms with E-state index in [4.69, 9.17) is 4.99 Å². The molecule has 6 nitrogen and oxygen atoms in total. The number of nitrogens with zero attached hydrogens (tertiary/aromatic N) is 4. The molecule has 1 saturated heterocycles. The minimum absolute atomic E-state index is 0. The van der Waals surface area contributed by atoms with Gasteiger partial charge < -0.3 is 14.6 Å². The van der Waals surface area contributed by atoms with Crippen molar-refractivity contribution >= 4 is 42.3 Å². The fourth-order valence-electron chi connectivity index (χ4n) is 4.27. The average molecular weight is 521 g/mol. The summed E-state index contributed by atoms with van der Waals surface area (Å²) in [4.78, 5) is 20.4. The van der Waals surface area contributed by atoms with Crippen LogP contribution in [0.3, 0.4) is 0 Å². The molecule has 1 aromatic heterocycles. The van der Waals surface area contributed by atoms with Crippen molar-refractivity contribution in [3.05, 3.63) is 52.8 Å². The summed E-state index contributed by atoms with van der Waals surface area (Å²) < 4.78 is 42.0. The fourth-order valence-corrected chi connectivity index (χ4v) is 4.27. The van der Waals surface area contributed by atoms with Gasteiger partial charge in [-0.3, -0.25) is 9.69 Å². The van der Waals surface area contributed by atoms with Crippen LogP contribution >= 0.6 is 24.8 Å². The van der Waals surface area contributed by atoms with Crippen LogP contribution in [-0.2, 0) is 17.5 Å². The van der Waals surface area contributed by atoms with Gasteiger partial charge in [0.05, 0.1) is 22.4 Å². The molecule has 188 valence electrons. The molecule has 0 atom stereocenters. The summed E-state index contributed by atoms with van der Waals surface area (Å²) in [5.41, 5.74) is 1.57. The number of aliphatic carboxylic acids is 1. The zero-order chi connectivity index (χ0) is 23.3. The molecule has 11 heteroatoms. The molecule has 2 aliphatic rings. The summed E-state index contributed by atoms with van der Waals surface area (Å²) in [5.74, 6) is -0.322. The highest BCUT2D eigenvalue weighted by molar-refractivity contribution is 6.00. The Morgan fingerprint density at radius 1 is 1.09 bits per heavy atom. The fraction of sp³-hybridized carbons (Fsp3) is 0.478. The molecule has 1 N–H and O–H groups in total. The smallest absolute Gasteiger partial charge is 0.417 e. The predicted molar refractivity (Wildman–Crippen MR) is 130 cm³/mol. The molecule has 2 aliphatic heterocycles. The average Bonchev–Trinajstić information content (AvgIpc) is 3.06. The number of aryl methyl sites for hydroxylation is 1. The van der Waals surface area contributed by atoms with Crippen LogP contribution in [0.15, 0.2) is 35.5 Å². The number of halogens is 5. The SMILES string of the molecule is Cc1ccc2c(c1)Cn1cc(C(F)(F)F)cc1C(N1CCN(CC(C)(C)C(=O)O)CC1)=N2.Cl.Cl. The lowest BCUT2D eigenvalue weighted by atomic mass is 9.93. The highest BCUT2D eigenvalue weighted by atomic mass is 35.5. The van der Waals surface area contributed by atoms with E-state index in [1.165, 1.54) is 6.07 Å². The number of alkyl halides is 3. The molecule has 0 unspecified atom stereocenters. The zero-order valence-electron chi connectivity index (χ0n) is 19.2. The van der Waals surface area contributed by atoms with Gasteiger partial charge in [-0.1, -0.05) is 17.7 Å². The largest absolute Gasteiger partial charge is 0.481 e. The minimum Gasteiger partial charge on any atom is -0.481 e. The summed E-state index contributed by atoms with van der Waals surface area (Å²) >= 11 is 0. The van der Waals surface area contributed by atoms with Crippen molar-refractivity contribution in [1.29, 1.82) is 0 Å². The monoisotopic (exact) mass is 520 g/mol. The van der Waals surface area contributed by atoms with Gasteiger partial charge in [0.15, 0.2) is 5.84 Å². The number of piperazine rings is 1. The van der Waals surface area contributed by atoms with Gasteiger partial charge in [-0.25, -0.2) is 4.99 Å². The molecule has 3 heterocycles. The number of hydrogen-bond donors (Lipinski definition) is 1. The molecule has 0 saturated carbocycles. The zero-order valence-corrected chi connectivity index (χ0v) is 20.9. The second kappa shape index (κ2) is 10.2. The molecular formula is C23H29Cl2F3N4O2. The molecule has 0 bridgehead atoms. The standard InChI is InChI=1S/C23H27F3N4O2.2ClH/c1-15-4-5-18-16(10-15)12-30-13-17(23(24,25)26)11-19(30)20(27-18)29-8-6-28(7-9-29)14-22(2,3)21(31)32;;/h4-5,10-11,13H,6-9,12,14H2,1-3H3,(H,31,32);2*1H. The maximum atomic E-state index is 13.5. The second-order valence-corrected chi connectivity index (χ2v) is 9.26. The first-order valence-electron chi connectivity index (χ1n) is 10.6. The second-order valence-electron chi connectivity index (χ2n) is 9.26. The summed E-state index contributed by atoms with van der Waals surface area (Å²) in [6, 6.07) is 7.00. The molecule has 1 fully saturated rings. The Hall–Kier alpha value is -2.23. The van der Waals surface area contributed by atoms with Crippen LogP contribution in [0.2, 0.25) is 0 Å². The topological polar surface area (TPSA) is 61.1 Å². The normalized spacial score (nSPS) is 16.4. The Morgan fingerprint density at radius 3 is 2.32 bits per heavy atom. The number of carbonyl (C=O) groups is 1. The third-order valence-corrected chi connectivity index (χ3v) is 6.12. The van der Waals surface area contributed by atoms with Crippen LogP contribution < -0.4 is 0 Å². The third-order valence-electron chi connectivity index (χ3n) is 6.12. The summed E-state index contributed by atoms with van der Waals surface area (Å²) in [6.45, 7) is 8.42. The first-order chi connectivity index (χ1) is 14.9. The number of carboxylic acid groups (broad SMARTS) is 1. The third kappa shape index (κ3) is 5.70. The van der Waals surface area contributed by atoms with E-state index >= 15 is 0 Å².